The van der Waals surface area contributed by atoms with Crippen LogP contribution in [0, 0.1) is 6.92 Å². The van der Waals surface area contributed by atoms with E-state index in [1.165, 1.54) is 11.3 Å². The van der Waals surface area contributed by atoms with E-state index in [9.17, 15) is 4.79 Å². The summed E-state index contributed by atoms with van der Waals surface area (Å²) in [5, 5.41) is 3.74. The number of thiazole rings is 1. The van der Waals surface area contributed by atoms with Crippen LogP contribution in [0.1, 0.15) is 20.9 Å². The van der Waals surface area contributed by atoms with Crippen molar-refractivity contribution in [1.29, 1.82) is 0 Å². The van der Waals surface area contributed by atoms with Crippen LogP contribution in [0.3, 0.4) is 0 Å². The topological polar surface area (TPSA) is 56.1 Å². The second-order valence-electron chi connectivity index (χ2n) is 5.31. The van der Waals surface area contributed by atoms with E-state index >= 15 is 0 Å². The maximum Gasteiger partial charge on any atom is 0.271 e. The Kier molecular flexibility index (Phi) is 4.96. The van der Waals surface area contributed by atoms with Crippen molar-refractivity contribution in [2.24, 2.45) is 0 Å². The number of para-hydroxylation sites is 1. The number of carbonyl (C=O) groups is 1. The molecule has 3 rings (SSSR count). The van der Waals surface area contributed by atoms with Gasteiger partial charge in [0.2, 0.25) is 0 Å². The van der Waals surface area contributed by atoms with E-state index in [-0.39, 0.29) is 5.91 Å². The van der Waals surface area contributed by atoms with E-state index < -0.39 is 0 Å². The normalized spacial score (nSPS) is 10.6. The number of nitrogens with zero attached hydrogens (tertiary/aromatic N) is 2. The number of ether oxygens (including phenoxy) is 1. The molecule has 0 saturated heterocycles. The summed E-state index contributed by atoms with van der Waals surface area (Å²) in [7, 11) is 1.65. The maximum atomic E-state index is 12.4. The molecule has 3 aromatic rings. The molecule has 6 heteroatoms. The Morgan fingerprint density at radius 2 is 2.00 bits per heavy atom. The number of aryl methyl sites for hydroxylation is 1. The van der Waals surface area contributed by atoms with Crippen molar-refractivity contribution in [2.45, 2.75) is 13.3 Å². The number of hydrogen-bond acceptors (Lipinski definition) is 4. The van der Waals surface area contributed by atoms with Crippen LogP contribution in [-0.2, 0) is 6.42 Å². The minimum Gasteiger partial charge on any atom is -0.496 e. The van der Waals surface area contributed by atoms with E-state index in [1.54, 1.807) is 7.11 Å². The summed E-state index contributed by atoms with van der Waals surface area (Å²) in [4.78, 5) is 17.8. The molecule has 124 valence electrons. The smallest absolute Gasteiger partial charge is 0.271 e. The molecule has 0 aliphatic carbocycles. The number of rotatable bonds is 6. The molecular weight excluding hydrogens is 322 g/mol. The average Bonchev–Trinajstić information content (AvgIpc) is 3.24. The average molecular weight is 341 g/mol. The first kappa shape index (κ1) is 16.3. The van der Waals surface area contributed by atoms with Gasteiger partial charge in [-0.1, -0.05) is 18.2 Å². The summed E-state index contributed by atoms with van der Waals surface area (Å²) < 4.78 is 7.23. The third kappa shape index (κ3) is 3.49. The van der Waals surface area contributed by atoms with Crippen molar-refractivity contribution in [2.75, 3.05) is 13.7 Å². The maximum absolute atomic E-state index is 12.4. The van der Waals surface area contributed by atoms with Gasteiger partial charge in [0.1, 0.15) is 11.4 Å². The third-order valence-electron chi connectivity index (χ3n) is 3.70. The lowest BCUT2D eigenvalue weighted by atomic mass is 10.1. The molecule has 5 nitrogen and oxygen atoms in total. The Morgan fingerprint density at radius 3 is 2.75 bits per heavy atom. The van der Waals surface area contributed by atoms with Crippen LogP contribution in [0.15, 0.2) is 48.8 Å². The summed E-state index contributed by atoms with van der Waals surface area (Å²) in [6, 6.07) is 11.7. The quantitative estimate of drug-likeness (QED) is 0.749. The van der Waals surface area contributed by atoms with Crippen molar-refractivity contribution < 1.29 is 9.53 Å². The molecule has 0 aliphatic rings. The van der Waals surface area contributed by atoms with Gasteiger partial charge in [-0.2, -0.15) is 0 Å². The molecule has 0 saturated carbocycles. The summed E-state index contributed by atoms with van der Waals surface area (Å²) in [5.74, 6) is 0.698. The Hall–Kier alpha value is -2.60. The minimum absolute atomic E-state index is 0.142. The van der Waals surface area contributed by atoms with Gasteiger partial charge >= 0.3 is 0 Å². The van der Waals surface area contributed by atoms with Crippen LogP contribution >= 0.6 is 11.3 Å². The lowest BCUT2D eigenvalue weighted by molar-refractivity contribution is 0.0949. The predicted molar refractivity (Wildman–Crippen MR) is 95.2 cm³/mol. The monoisotopic (exact) mass is 341 g/mol. The number of hydrogen-bond donors (Lipinski definition) is 1. The molecule has 2 heterocycles. The van der Waals surface area contributed by atoms with E-state index in [0.29, 0.717) is 18.7 Å². The summed E-state index contributed by atoms with van der Waals surface area (Å²) in [6.45, 7) is 2.45. The van der Waals surface area contributed by atoms with Crippen LogP contribution in [0.2, 0.25) is 0 Å². The molecule has 0 spiro atoms. The van der Waals surface area contributed by atoms with Gasteiger partial charge in [0.15, 0.2) is 5.13 Å². The zero-order valence-corrected chi connectivity index (χ0v) is 14.5. The first-order valence-electron chi connectivity index (χ1n) is 7.70. The van der Waals surface area contributed by atoms with Crippen molar-refractivity contribution in [1.82, 2.24) is 14.9 Å². The zero-order valence-electron chi connectivity index (χ0n) is 13.7. The van der Waals surface area contributed by atoms with E-state index in [2.05, 4.69) is 10.3 Å². The first-order chi connectivity index (χ1) is 11.7. The second-order valence-corrected chi connectivity index (χ2v) is 6.49. The van der Waals surface area contributed by atoms with Gasteiger partial charge in [-0.25, -0.2) is 4.98 Å². The number of methoxy groups -OCH3 is 1. The third-order valence-corrected chi connectivity index (χ3v) is 4.68. The highest BCUT2D eigenvalue weighted by atomic mass is 32.1. The van der Waals surface area contributed by atoms with Gasteiger partial charge in [0.05, 0.1) is 7.11 Å². The molecule has 1 amide bonds. The van der Waals surface area contributed by atoms with E-state index in [1.807, 2.05) is 60.3 Å². The van der Waals surface area contributed by atoms with E-state index in [4.69, 9.17) is 4.74 Å². The van der Waals surface area contributed by atoms with Gasteiger partial charge in [-0.15, -0.1) is 11.3 Å². The molecule has 0 unspecified atom stereocenters. The molecule has 0 radical (unpaired) electrons. The molecule has 0 atom stereocenters. The minimum atomic E-state index is -0.142. The van der Waals surface area contributed by atoms with Crippen LogP contribution < -0.4 is 10.1 Å². The standard InChI is InChI=1S/C18H19N3O2S/c1-13-16(20-18(24-13)21-11-5-6-12-21)17(22)19-10-9-14-7-3-4-8-15(14)23-2/h3-8,11-12H,9-10H2,1-2H3,(H,19,22). The Morgan fingerprint density at radius 1 is 1.25 bits per heavy atom. The largest absolute Gasteiger partial charge is 0.496 e. The van der Waals surface area contributed by atoms with Crippen molar-refractivity contribution in [3.63, 3.8) is 0 Å². The highest BCUT2D eigenvalue weighted by Gasteiger charge is 2.15. The van der Waals surface area contributed by atoms with Gasteiger partial charge in [0.25, 0.3) is 5.91 Å². The summed E-state index contributed by atoms with van der Waals surface area (Å²) in [5.41, 5.74) is 1.56. The van der Waals surface area contributed by atoms with Gasteiger partial charge in [0, 0.05) is 23.8 Å². The zero-order chi connectivity index (χ0) is 16.9. The molecular formula is C18H19N3O2S. The molecule has 0 fully saturated rings. The number of benzene rings is 1. The predicted octanol–water partition coefficient (Wildman–Crippen LogP) is 3.22. The SMILES string of the molecule is COc1ccccc1CCNC(=O)c1nc(-n2cccc2)sc1C. The van der Waals surface area contributed by atoms with Gasteiger partial charge < -0.3 is 14.6 Å². The van der Waals surface area contributed by atoms with Crippen molar-refractivity contribution in [3.05, 3.63) is 64.9 Å². The molecule has 0 aliphatic heterocycles. The highest BCUT2D eigenvalue weighted by molar-refractivity contribution is 7.14. The molecule has 1 aromatic carbocycles. The number of nitrogens with one attached hydrogen (secondary N) is 1. The Bertz CT molecular complexity index is 825. The van der Waals surface area contributed by atoms with Crippen LogP contribution in [0.25, 0.3) is 5.13 Å². The fourth-order valence-corrected chi connectivity index (χ4v) is 3.34. The number of carbonyl (C=O) groups excluding carboxylic acids is 1. The second kappa shape index (κ2) is 7.31. The van der Waals surface area contributed by atoms with Gasteiger partial charge in [-0.05, 0) is 37.1 Å². The molecule has 0 bridgehead atoms. The summed E-state index contributed by atoms with van der Waals surface area (Å²) in [6.07, 6.45) is 4.55. The first-order valence-corrected chi connectivity index (χ1v) is 8.51. The molecule has 24 heavy (non-hydrogen) atoms. The van der Waals surface area contributed by atoms with Crippen LogP contribution in [-0.4, -0.2) is 29.1 Å². The van der Waals surface area contributed by atoms with Crippen molar-refractivity contribution >= 4 is 17.2 Å². The fraction of sp³-hybridized carbons (Fsp3) is 0.222. The van der Waals surface area contributed by atoms with Crippen LogP contribution in [0.4, 0.5) is 0 Å². The number of aromatic nitrogens is 2. The number of amides is 1. The molecule has 2 aromatic heterocycles. The van der Waals surface area contributed by atoms with E-state index in [0.717, 1.165) is 21.3 Å². The Labute approximate surface area is 144 Å². The van der Waals surface area contributed by atoms with Crippen LogP contribution in [0.5, 0.6) is 5.75 Å². The fourth-order valence-electron chi connectivity index (χ4n) is 2.47. The van der Waals surface area contributed by atoms with Crippen molar-refractivity contribution in [3.8, 4) is 10.9 Å². The summed E-state index contributed by atoms with van der Waals surface area (Å²) >= 11 is 1.51. The molecule has 1 N–H and O–H groups in total. The lowest BCUT2D eigenvalue weighted by Crippen LogP contribution is -2.26. The lowest BCUT2D eigenvalue weighted by Gasteiger charge is -2.08. The highest BCUT2D eigenvalue weighted by Crippen LogP contribution is 2.21. The van der Waals surface area contributed by atoms with Gasteiger partial charge in [-0.3, -0.25) is 4.79 Å². The Balaban J connectivity index is 1.63.